The van der Waals surface area contributed by atoms with Crippen molar-refractivity contribution in [1.29, 1.82) is 0 Å². The molecule has 102 valence electrons. The fourth-order valence-electron chi connectivity index (χ4n) is 3.37. The molecule has 2 atom stereocenters. The first kappa shape index (κ1) is 13.6. The van der Waals surface area contributed by atoms with E-state index >= 15 is 0 Å². The van der Waals surface area contributed by atoms with Gasteiger partial charge in [-0.1, -0.05) is 0 Å². The fraction of sp³-hybridized carbons (Fsp3) is 0.786. The van der Waals surface area contributed by atoms with Gasteiger partial charge in [0.05, 0.1) is 22.9 Å². The van der Waals surface area contributed by atoms with Gasteiger partial charge in [-0.05, 0) is 47.2 Å². The Morgan fingerprint density at radius 2 is 2.11 bits per heavy atom. The molecule has 0 aromatic carbocycles. The molecule has 4 nitrogen and oxygen atoms in total. The zero-order valence-electron chi connectivity index (χ0n) is 12.3. The summed E-state index contributed by atoms with van der Waals surface area (Å²) >= 11 is 0. The highest BCUT2D eigenvalue weighted by Crippen LogP contribution is 2.47. The standard InChI is InChI=1S/C14H25N3O/c1-13(2)9-10(14(3,4)18-13)12(15-5)11-7-8-16-17(11)6/h7-8,10,12,15H,9H2,1-6H3. The number of rotatable bonds is 3. The Morgan fingerprint density at radius 3 is 2.50 bits per heavy atom. The van der Waals surface area contributed by atoms with E-state index < -0.39 is 0 Å². The normalized spacial score (nSPS) is 27.3. The summed E-state index contributed by atoms with van der Waals surface area (Å²) < 4.78 is 8.15. The molecule has 18 heavy (non-hydrogen) atoms. The zero-order valence-corrected chi connectivity index (χ0v) is 12.3. The number of aromatic nitrogens is 2. The highest BCUT2D eigenvalue weighted by Gasteiger charge is 2.49. The van der Waals surface area contributed by atoms with Crippen LogP contribution >= 0.6 is 0 Å². The summed E-state index contributed by atoms with van der Waals surface area (Å²) in [6.07, 6.45) is 2.91. The molecule has 2 heterocycles. The van der Waals surface area contributed by atoms with E-state index in [2.05, 4.69) is 44.2 Å². The maximum Gasteiger partial charge on any atom is 0.0681 e. The molecule has 0 bridgehead atoms. The number of hydrogen-bond acceptors (Lipinski definition) is 3. The summed E-state index contributed by atoms with van der Waals surface area (Å²) in [5, 5.41) is 7.72. The molecule has 1 aliphatic heterocycles. The van der Waals surface area contributed by atoms with Crippen LogP contribution in [0, 0.1) is 5.92 Å². The molecule has 4 heteroatoms. The Morgan fingerprint density at radius 1 is 1.44 bits per heavy atom. The van der Waals surface area contributed by atoms with Crippen molar-refractivity contribution in [2.24, 2.45) is 13.0 Å². The van der Waals surface area contributed by atoms with Gasteiger partial charge in [0.1, 0.15) is 0 Å². The lowest BCUT2D eigenvalue weighted by Crippen LogP contribution is -2.38. The van der Waals surface area contributed by atoms with Crippen molar-refractivity contribution >= 4 is 0 Å². The highest BCUT2D eigenvalue weighted by molar-refractivity contribution is 5.12. The molecule has 1 aromatic rings. The molecule has 0 aliphatic carbocycles. The van der Waals surface area contributed by atoms with Crippen molar-refractivity contribution in [3.63, 3.8) is 0 Å². The van der Waals surface area contributed by atoms with Crippen LogP contribution in [0.4, 0.5) is 0 Å². The number of hydrogen-bond donors (Lipinski definition) is 1. The Hall–Kier alpha value is -0.870. The van der Waals surface area contributed by atoms with Crippen LogP contribution in [0.3, 0.4) is 0 Å². The Balaban J connectivity index is 2.32. The van der Waals surface area contributed by atoms with Gasteiger partial charge in [-0.2, -0.15) is 5.10 Å². The molecule has 2 rings (SSSR count). The quantitative estimate of drug-likeness (QED) is 0.895. The van der Waals surface area contributed by atoms with E-state index in [-0.39, 0.29) is 17.2 Å². The average molecular weight is 251 g/mol. The summed E-state index contributed by atoms with van der Waals surface area (Å²) in [6.45, 7) is 8.72. The maximum absolute atomic E-state index is 6.20. The summed E-state index contributed by atoms with van der Waals surface area (Å²) in [5.41, 5.74) is 1.04. The molecule has 1 fully saturated rings. The molecule has 0 saturated carbocycles. The molecule has 1 saturated heterocycles. The van der Waals surface area contributed by atoms with Crippen molar-refractivity contribution in [2.45, 2.75) is 51.4 Å². The van der Waals surface area contributed by atoms with Crippen molar-refractivity contribution in [2.75, 3.05) is 7.05 Å². The van der Waals surface area contributed by atoms with Gasteiger partial charge in [0.25, 0.3) is 0 Å². The molecule has 1 aliphatic rings. The molecule has 0 spiro atoms. The number of nitrogens with zero attached hydrogens (tertiary/aromatic N) is 2. The van der Waals surface area contributed by atoms with Crippen molar-refractivity contribution in [3.8, 4) is 0 Å². The smallest absolute Gasteiger partial charge is 0.0681 e. The van der Waals surface area contributed by atoms with Gasteiger partial charge < -0.3 is 10.1 Å². The van der Waals surface area contributed by atoms with Crippen molar-refractivity contribution in [1.82, 2.24) is 15.1 Å². The van der Waals surface area contributed by atoms with Crippen LogP contribution in [0.2, 0.25) is 0 Å². The molecule has 0 amide bonds. The van der Waals surface area contributed by atoms with E-state index in [0.29, 0.717) is 5.92 Å². The van der Waals surface area contributed by atoms with Gasteiger partial charge in [-0.3, -0.25) is 4.68 Å². The van der Waals surface area contributed by atoms with E-state index in [0.717, 1.165) is 6.42 Å². The van der Waals surface area contributed by atoms with Gasteiger partial charge in [-0.25, -0.2) is 0 Å². The maximum atomic E-state index is 6.20. The van der Waals surface area contributed by atoms with Crippen LogP contribution in [0.15, 0.2) is 12.3 Å². The van der Waals surface area contributed by atoms with E-state index in [1.807, 2.05) is 25.0 Å². The third-order valence-electron chi connectivity index (χ3n) is 4.03. The number of ether oxygens (including phenoxy) is 1. The topological polar surface area (TPSA) is 39.1 Å². The summed E-state index contributed by atoms with van der Waals surface area (Å²) in [6, 6.07) is 2.36. The summed E-state index contributed by atoms with van der Waals surface area (Å²) in [5.74, 6) is 0.438. The molecular weight excluding hydrogens is 226 g/mol. The predicted octanol–water partition coefficient (Wildman–Crippen LogP) is 2.27. The minimum absolute atomic E-state index is 0.0537. The van der Waals surface area contributed by atoms with Crippen molar-refractivity contribution in [3.05, 3.63) is 18.0 Å². The third kappa shape index (κ3) is 2.31. The largest absolute Gasteiger partial charge is 0.369 e. The number of aryl methyl sites for hydroxylation is 1. The highest BCUT2D eigenvalue weighted by atomic mass is 16.5. The van der Waals surface area contributed by atoms with E-state index in [1.165, 1.54) is 5.69 Å². The first-order valence-corrected chi connectivity index (χ1v) is 6.62. The van der Waals surface area contributed by atoms with E-state index in [9.17, 15) is 0 Å². The molecular formula is C14H25N3O. The van der Waals surface area contributed by atoms with Crippen LogP contribution in [-0.2, 0) is 11.8 Å². The predicted molar refractivity (Wildman–Crippen MR) is 72.4 cm³/mol. The fourth-order valence-corrected chi connectivity index (χ4v) is 3.37. The second kappa shape index (κ2) is 4.35. The van der Waals surface area contributed by atoms with Crippen LogP contribution in [0.25, 0.3) is 0 Å². The molecule has 2 unspecified atom stereocenters. The monoisotopic (exact) mass is 251 g/mol. The Kier molecular flexibility index (Phi) is 3.28. The SMILES string of the molecule is CNC(c1ccnn1C)C1CC(C)(C)OC1(C)C. The van der Waals surface area contributed by atoms with Crippen LogP contribution in [0.5, 0.6) is 0 Å². The van der Waals surface area contributed by atoms with Crippen molar-refractivity contribution < 1.29 is 4.74 Å². The van der Waals surface area contributed by atoms with Crippen LogP contribution < -0.4 is 5.32 Å². The molecule has 1 N–H and O–H groups in total. The van der Waals surface area contributed by atoms with Crippen LogP contribution in [0.1, 0.15) is 45.9 Å². The number of nitrogens with one attached hydrogen (secondary N) is 1. The van der Waals surface area contributed by atoms with Gasteiger partial charge in [0.15, 0.2) is 0 Å². The lowest BCUT2D eigenvalue weighted by atomic mass is 9.80. The Bertz CT molecular complexity index is 422. The van der Waals surface area contributed by atoms with Gasteiger partial charge in [0, 0.05) is 19.2 Å². The van der Waals surface area contributed by atoms with Gasteiger partial charge in [-0.15, -0.1) is 0 Å². The second-order valence-electron chi connectivity index (χ2n) is 6.42. The van der Waals surface area contributed by atoms with E-state index in [1.54, 1.807) is 0 Å². The Labute approximate surface area is 110 Å². The minimum atomic E-state index is -0.124. The molecule has 1 aromatic heterocycles. The first-order chi connectivity index (χ1) is 8.27. The molecule has 0 radical (unpaired) electrons. The first-order valence-electron chi connectivity index (χ1n) is 6.62. The van der Waals surface area contributed by atoms with Crippen LogP contribution in [-0.4, -0.2) is 28.0 Å². The van der Waals surface area contributed by atoms with E-state index in [4.69, 9.17) is 4.74 Å². The zero-order chi connectivity index (χ0) is 13.6. The second-order valence-corrected chi connectivity index (χ2v) is 6.42. The third-order valence-corrected chi connectivity index (χ3v) is 4.03. The lowest BCUT2D eigenvalue weighted by Gasteiger charge is -2.32. The lowest BCUT2D eigenvalue weighted by molar-refractivity contribution is -0.0778. The summed E-state index contributed by atoms with van der Waals surface area (Å²) in [7, 11) is 4.01. The summed E-state index contributed by atoms with van der Waals surface area (Å²) in [4.78, 5) is 0. The average Bonchev–Trinajstić information content (AvgIpc) is 2.71. The van der Waals surface area contributed by atoms with Gasteiger partial charge in [0.2, 0.25) is 0 Å². The van der Waals surface area contributed by atoms with Gasteiger partial charge >= 0.3 is 0 Å². The minimum Gasteiger partial charge on any atom is -0.369 e.